The summed E-state index contributed by atoms with van der Waals surface area (Å²) in [5.41, 5.74) is 0. The van der Waals surface area contributed by atoms with Crippen LogP contribution in [0.1, 0.15) is 32.6 Å². The molecule has 7 nitrogen and oxygen atoms in total. The van der Waals surface area contributed by atoms with E-state index in [9.17, 15) is 18.0 Å². The van der Waals surface area contributed by atoms with Crippen LogP contribution < -0.4 is 4.72 Å². The Kier molecular flexibility index (Phi) is 7.44. The number of hydrogen-bond acceptors (Lipinski definition) is 5. The molecule has 0 saturated heterocycles. The first-order valence-electron chi connectivity index (χ1n) is 10.3. The van der Waals surface area contributed by atoms with Crippen LogP contribution in [0.15, 0.2) is 47.4 Å². The van der Waals surface area contributed by atoms with Crippen LogP contribution >= 0.6 is 0 Å². The van der Waals surface area contributed by atoms with Crippen LogP contribution in [-0.2, 0) is 24.3 Å². The van der Waals surface area contributed by atoms with Gasteiger partial charge in [-0.25, -0.2) is 13.1 Å². The predicted octanol–water partition coefficient (Wildman–Crippen LogP) is 2.70. The summed E-state index contributed by atoms with van der Waals surface area (Å²) in [6.07, 6.45) is 2.99. The number of carbonyl (C=O) groups excluding carboxylic acids is 2. The van der Waals surface area contributed by atoms with E-state index in [1.807, 2.05) is 31.2 Å². The fourth-order valence-electron chi connectivity index (χ4n) is 3.21. The summed E-state index contributed by atoms with van der Waals surface area (Å²) >= 11 is 0. The van der Waals surface area contributed by atoms with Crippen molar-refractivity contribution in [1.82, 2.24) is 9.62 Å². The topological polar surface area (TPSA) is 92.8 Å². The Morgan fingerprint density at radius 2 is 1.87 bits per heavy atom. The molecule has 1 amide bonds. The standard InChI is InChI=1S/C22H28N2O5S/c1-2-13-24(15-17-7-8-17)21(25)16-29-22(26)11-12-23-30(27,28)20-10-9-18-5-3-4-6-19(18)14-20/h3-6,9-10,14,17,23H,2,7-8,11-13,15-16H2,1H3. The molecule has 1 fully saturated rings. The molecule has 0 unspecified atom stereocenters. The Labute approximate surface area is 177 Å². The fourth-order valence-corrected chi connectivity index (χ4v) is 4.28. The zero-order valence-electron chi connectivity index (χ0n) is 17.2. The second-order valence-electron chi connectivity index (χ2n) is 7.60. The molecule has 0 heterocycles. The number of fused-ring (bicyclic) bond motifs is 1. The van der Waals surface area contributed by atoms with Gasteiger partial charge in [-0.15, -0.1) is 0 Å². The molecule has 1 saturated carbocycles. The number of hydrogen-bond donors (Lipinski definition) is 1. The fraction of sp³-hybridized carbons (Fsp3) is 0.455. The first kappa shape index (κ1) is 22.2. The second kappa shape index (κ2) is 10.0. The van der Waals surface area contributed by atoms with Gasteiger partial charge in [0.05, 0.1) is 11.3 Å². The van der Waals surface area contributed by atoms with Gasteiger partial charge in [0.2, 0.25) is 10.0 Å². The molecule has 1 N–H and O–H groups in total. The highest BCUT2D eigenvalue weighted by Crippen LogP contribution is 2.29. The highest BCUT2D eigenvalue weighted by molar-refractivity contribution is 7.89. The molecule has 0 spiro atoms. The first-order chi connectivity index (χ1) is 14.4. The number of ether oxygens (including phenoxy) is 1. The van der Waals surface area contributed by atoms with Gasteiger partial charge in [0.1, 0.15) is 0 Å². The minimum Gasteiger partial charge on any atom is -0.456 e. The van der Waals surface area contributed by atoms with E-state index in [-0.39, 0.29) is 30.4 Å². The molecule has 2 aromatic rings. The van der Waals surface area contributed by atoms with Crippen molar-refractivity contribution in [2.24, 2.45) is 5.92 Å². The van der Waals surface area contributed by atoms with Crippen LogP contribution in [0.2, 0.25) is 0 Å². The molecule has 0 radical (unpaired) electrons. The number of benzene rings is 2. The highest BCUT2D eigenvalue weighted by atomic mass is 32.2. The van der Waals surface area contributed by atoms with Gasteiger partial charge < -0.3 is 9.64 Å². The SMILES string of the molecule is CCCN(CC1CC1)C(=O)COC(=O)CCNS(=O)(=O)c1ccc2ccccc2c1. The van der Waals surface area contributed by atoms with E-state index in [2.05, 4.69) is 4.72 Å². The quantitative estimate of drug-likeness (QED) is 0.551. The van der Waals surface area contributed by atoms with Crippen LogP contribution in [0.4, 0.5) is 0 Å². The van der Waals surface area contributed by atoms with Crippen LogP contribution in [0.25, 0.3) is 10.8 Å². The van der Waals surface area contributed by atoms with Crippen molar-refractivity contribution in [2.75, 3.05) is 26.2 Å². The average Bonchev–Trinajstić information content (AvgIpc) is 3.55. The van der Waals surface area contributed by atoms with Gasteiger partial charge in [-0.1, -0.05) is 37.3 Å². The lowest BCUT2D eigenvalue weighted by Gasteiger charge is -2.21. The Hall–Kier alpha value is -2.45. The molecule has 1 aliphatic carbocycles. The van der Waals surface area contributed by atoms with Gasteiger partial charge in [-0.05, 0) is 48.1 Å². The van der Waals surface area contributed by atoms with Gasteiger partial charge in [0.15, 0.2) is 6.61 Å². The van der Waals surface area contributed by atoms with E-state index in [0.29, 0.717) is 12.5 Å². The number of rotatable bonds is 11. The lowest BCUT2D eigenvalue weighted by Crippen LogP contribution is -2.37. The van der Waals surface area contributed by atoms with Crippen molar-refractivity contribution >= 4 is 32.7 Å². The molecular formula is C22H28N2O5S. The van der Waals surface area contributed by atoms with Crippen LogP contribution in [0.5, 0.6) is 0 Å². The van der Waals surface area contributed by atoms with Crippen LogP contribution in [-0.4, -0.2) is 51.4 Å². The maximum atomic E-state index is 12.5. The molecule has 0 aliphatic heterocycles. The number of nitrogens with one attached hydrogen (secondary N) is 1. The Morgan fingerprint density at radius 1 is 1.13 bits per heavy atom. The lowest BCUT2D eigenvalue weighted by atomic mass is 10.1. The van der Waals surface area contributed by atoms with Crippen molar-refractivity contribution in [1.29, 1.82) is 0 Å². The molecule has 0 bridgehead atoms. The van der Waals surface area contributed by atoms with E-state index >= 15 is 0 Å². The van der Waals surface area contributed by atoms with E-state index < -0.39 is 16.0 Å². The number of amides is 1. The summed E-state index contributed by atoms with van der Waals surface area (Å²) in [4.78, 5) is 26.1. The van der Waals surface area contributed by atoms with Gasteiger partial charge in [-0.3, -0.25) is 9.59 Å². The third-order valence-corrected chi connectivity index (χ3v) is 6.49. The minimum absolute atomic E-state index is 0.0943. The van der Waals surface area contributed by atoms with Gasteiger partial charge >= 0.3 is 5.97 Å². The maximum Gasteiger partial charge on any atom is 0.307 e. The Morgan fingerprint density at radius 3 is 2.57 bits per heavy atom. The van der Waals surface area contributed by atoms with Crippen molar-refractivity contribution in [3.8, 4) is 0 Å². The molecule has 30 heavy (non-hydrogen) atoms. The predicted molar refractivity (Wildman–Crippen MR) is 114 cm³/mol. The molecule has 0 aromatic heterocycles. The van der Waals surface area contributed by atoms with Gasteiger partial charge in [0.25, 0.3) is 5.91 Å². The first-order valence-corrected chi connectivity index (χ1v) is 11.8. The second-order valence-corrected chi connectivity index (χ2v) is 9.37. The lowest BCUT2D eigenvalue weighted by molar-refractivity contribution is -0.152. The molecule has 2 aromatic carbocycles. The summed E-state index contributed by atoms with van der Waals surface area (Å²) in [6, 6.07) is 12.3. The number of carbonyl (C=O) groups is 2. The van der Waals surface area contributed by atoms with Crippen molar-refractivity contribution in [3.63, 3.8) is 0 Å². The van der Waals surface area contributed by atoms with Crippen molar-refractivity contribution < 1.29 is 22.7 Å². The molecular weight excluding hydrogens is 404 g/mol. The third kappa shape index (κ3) is 6.27. The molecule has 0 atom stereocenters. The Balaban J connectivity index is 1.45. The summed E-state index contributed by atoms with van der Waals surface area (Å²) < 4.78 is 32.4. The normalized spacial score (nSPS) is 13.9. The summed E-state index contributed by atoms with van der Waals surface area (Å²) in [5.74, 6) is -0.234. The average molecular weight is 433 g/mol. The summed E-state index contributed by atoms with van der Waals surface area (Å²) in [6.45, 7) is 2.97. The maximum absolute atomic E-state index is 12.5. The zero-order valence-corrected chi connectivity index (χ0v) is 18.0. The number of sulfonamides is 1. The minimum atomic E-state index is -3.74. The monoisotopic (exact) mass is 432 g/mol. The number of esters is 1. The Bertz CT molecular complexity index is 1000. The smallest absolute Gasteiger partial charge is 0.307 e. The number of nitrogens with zero attached hydrogens (tertiary/aromatic N) is 1. The van der Waals surface area contributed by atoms with E-state index in [1.165, 1.54) is 6.07 Å². The molecule has 3 rings (SSSR count). The molecule has 8 heteroatoms. The van der Waals surface area contributed by atoms with E-state index in [0.717, 1.165) is 36.6 Å². The van der Waals surface area contributed by atoms with Crippen LogP contribution in [0.3, 0.4) is 0 Å². The highest BCUT2D eigenvalue weighted by Gasteiger charge is 2.26. The largest absolute Gasteiger partial charge is 0.456 e. The van der Waals surface area contributed by atoms with Gasteiger partial charge in [-0.2, -0.15) is 0 Å². The van der Waals surface area contributed by atoms with E-state index in [1.54, 1.807) is 17.0 Å². The molecule has 1 aliphatic rings. The summed E-state index contributed by atoms with van der Waals surface area (Å²) in [7, 11) is -3.74. The van der Waals surface area contributed by atoms with Crippen molar-refractivity contribution in [2.45, 2.75) is 37.5 Å². The van der Waals surface area contributed by atoms with Crippen LogP contribution in [0, 0.1) is 5.92 Å². The zero-order chi connectivity index (χ0) is 21.6. The van der Waals surface area contributed by atoms with E-state index in [4.69, 9.17) is 4.74 Å². The summed E-state index contributed by atoms with van der Waals surface area (Å²) in [5, 5.41) is 1.77. The van der Waals surface area contributed by atoms with Crippen molar-refractivity contribution in [3.05, 3.63) is 42.5 Å². The van der Waals surface area contributed by atoms with Gasteiger partial charge in [0, 0.05) is 19.6 Å². The third-order valence-electron chi connectivity index (χ3n) is 5.03. The molecule has 162 valence electrons.